The zero-order valence-corrected chi connectivity index (χ0v) is 15.9. The number of anilines is 1. The average molecular weight is 375 g/mol. The number of nitrogens with one attached hydrogen (secondary N) is 1. The van der Waals surface area contributed by atoms with Gasteiger partial charge in [-0.05, 0) is 26.0 Å². The second-order valence-electron chi connectivity index (χ2n) is 5.21. The number of amides is 1. The maximum absolute atomic E-state index is 12.3. The van der Waals surface area contributed by atoms with E-state index in [1.807, 2.05) is 32.0 Å². The van der Waals surface area contributed by atoms with Crippen LogP contribution in [0.25, 0.3) is 11.3 Å². The van der Waals surface area contributed by atoms with Crippen molar-refractivity contribution < 1.29 is 14.3 Å². The van der Waals surface area contributed by atoms with Crippen molar-refractivity contribution in [2.24, 2.45) is 0 Å². The summed E-state index contributed by atoms with van der Waals surface area (Å²) in [4.78, 5) is 22.6. The van der Waals surface area contributed by atoms with Crippen molar-refractivity contribution in [3.63, 3.8) is 0 Å². The molecule has 0 radical (unpaired) electrons. The van der Waals surface area contributed by atoms with E-state index in [-0.39, 0.29) is 5.91 Å². The standard InChI is InChI=1S/C17H17N3O3S2/c1-9-15(24-8-18-9)16(21)20-17-19-14(10(2)25-17)12-6-5-11(22-3)7-13(12)23-4/h5-8H,1-4H3,(H,19,20,21). The van der Waals surface area contributed by atoms with Crippen LogP contribution in [0, 0.1) is 13.8 Å². The fraction of sp³-hybridized carbons (Fsp3) is 0.235. The number of carbonyl (C=O) groups is 1. The molecular formula is C17H17N3O3S2. The molecule has 0 saturated carbocycles. The van der Waals surface area contributed by atoms with Gasteiger partial charge in [0.2, 0.25) is 0 Å². The average Bonchev–Trinajstić information content (AvgIpc) is 3.19. The van der Waals surface area contributed by atoms with Gasteiger partial charge in [0.05, 0.1) is 31.1 Å². The van der Waals surface area contributed by atoms with Gasteiger partial charge < -0.3 is 9.47 Å². The Labute approximate surface area is 153 Å². The second kappa shape index (κ2) is 7.20. The Morgan fingerprint density at radius 3 is 2.64 bits per heavy atom. The lowest BCUT2D eigenvalue weighted by atomic mass is 10.1. The van der Waals surface area contributed by atoms with Crippen LogP contribution < -0.4 is 14.8 Å². The molecule has 130 valence electrons. The summed E-state index contributed by atoms with van der Waals surface area (Å²) in [7, 11) is 3.22. The van der Waals surface area contributed by atoms with Crippen LogP contribution in [0.15, 0.2) is 23.7 Å². The molecule has 2 aromatic heterocycles. The fourth-order valence-electron chi connectivity index (χ4n) is 2.37. The molecule has 2 heterocycles. The number of hydrogen-bond acceptors (Lipinski definition) is 7. The first-order chi connectivity index (χ1) is 12.0. The lowest BCUT2D eigenvalue weighted by Crippen LogP contribution is -2.11. The monoisotopic (exact) mass is 375 g/mol. The van der Waals surface area contributed by atoms with Crippen LogP contribution in [0.4, 0.5) is 5.13 Å². The molecule has 0 unspecified atom stereocenters. The Morgan fingerprint density at radius 2 is 2.00 bits per heavy atom. The molecule has 3 aromatic rings. The highest BCUT2D eigenvalue weighted by molar-refractivity contribution is 7.16. The van der Waals surface area contributed by atoms with Crippen LogP contribution in [0.5, 0.6) is 11.5 Å². The van der Waals surface area contributed by atoms with Crippen molar-refractivity contribution in [1.82, 2.24) is 9.97 Å². The van der Waals surface area contributed by atoms with E-state index in [0.29, 0.717) is 27.2 Å². The van der Waals surface area contributed by atoms with E-state index < -0.39 is 0 Å². The van der Waals surface area contributed by atoms with Crippen molar-refractivity contribution in [2.45, 2.75) is 13.8 Å². The van der Waals surface area contributed by atoms with E-state index in [9.17, 15) is 4.79 Å². The van der Waals surface area contributed by atoms with Gasteiger partial charge in [0.25, 0.3) is 5.91 Å². The second-order valence-corrected chi connectivity index (χ2v) is 7.27. The summed E-state index contributed by atoms with van der Waals surface area (Å²) in [6.07, 6.45) is 0. The van der Waals surface area contributed by atoms with Crippen LogP contribution >= 0.6 is 22.7 Å². The maximum atomic E-state index is 12.3. The Balaban J connectivity index is 1.91. The van der Waals surface area contributed by atoms with Crippen molar-refractivity contribution in [3.8, 4) is 22.8 Å². The van der Waals surface area contributed by atoms with E-state index >= 15 is 0 Å². The first-order valence-corrected chi connectivity index (χ1v) is 9.14. The van der Waals surface area contributed by atoms with Gasteiger partial charge in [0.1, 0.15) is 16.4 Å². The summed E-state index contributed by atoms with van der Waals surface area (Å²) in [5.41, 5.74) is 4.01. The third kappa shape index (κ3) is 3.49. The number of aromatic nitrogens is 2. The lowest BCUT2D eigenvalue weighted by molar-refractivity contribution is 0.103. The molecule has 1 N–H and O–H groups in total. The Kier molecular flexibility index (Phi) is 5.00. The quantitative estimate of drug-likeness (QED) is 0.725. The predicted molar refractivity (Wildman–Crippen MR) is 100 cm³/mol. The molecule has 1 amide bonds. The third-order valence-corrected chi connectivity index (χ3v) is 5.45. The first kappa shape index (κ1) is 17.4. The van der Waals surface area contributed by atoms with Gasteiger partial charge in [0, 0.05) is 16.5 Å². The molecule has 0 aliphatic carbocycles. The van der Waals surface area contributed by atoms with E-state index in [0.717, 1.165) is 16.1 Å². The minimum Gasteiger partial charge on any atom is -0.497 e. The third-order valence-electron chi connectivity index (χ3n) is 3.63. The van der Waals surface area contributed by atoms with Crippen LogP contribution in [-0.4, -0.2) is 30.1 Å². The summed E-state index contributed by atoms with van der Waals surface area (Å²) in [5, 5.41) is 3.39. The molecule has 3 rings (SSSR count). The normalized spacial score (nSPS) is 10.6. The predicted octanol–water partition coefficient (Wildman–Crippen LogP) is 4.15. The highest BCUT2D eigenvalue weighted by Gasteiger charge is 2.18. The maximum Gasteiger partial charge on any atom is 0.269 e. The van der Waals surface area contributed by atoms with Gasteiger partial charge in [-0.15, -0.1) is 22.7 Å². The van der Waals surface area contributed by atoms with Gasteiger partial charge in [-0.2, -0.15) is 0 Å². The molecule has 0 saturated heterocycles. The number of rotatable bonds is 5. The number of nitrogens with zero attached hydrogens (tertiary/aromatic N) is 2. The summed E-state index contributed by atoms with van der Waals surface area (Å²) in [5.74, 6) is 1.19. The molecule has 0 aliphatic rings. The molecule has 0 aliphatic heterocycles. The summed E-state index contributed by atoms with van der Waals surface area (Å²) >= 11 is 2.74. The molecule has 1 aromatic carbocycles. The number of methoxy groups -OCH3 is 2. The van der Waals surface area contributed by atoms with E-state index in [4.69, 9.17) is 9.47 Å². The number of aryl methyl sites for hydroxylation is 2. The Bertz CT molecular complexity index is 918. The lowest BCUT2D eigenvalue weighted by Gasteiger charge is -2.09. The van der Waals surface area contributed by atoms with Crippen molar-refractivity contribution in [2.75, 3.05) is 19.5 Å². The molecule has 0 spiro atoms. The minimum atomic E-state index is -0.193. The number of benzene rings is 1. The zero-order chi connectivity index (χ0) is 18.0. The van der Waals surface area contributed by atoms with E-state index in [2.05, 4.69) is 15.3 Å². The van der Waals surface area contributed by atoms with Crippen LogP contribution in [0.2, 0.25) is 0 Å². The topological polar surface area (TPSA) is 73.3 Å². The molecule has 8 heteroatoms. The molecular weight excluding hydrogens is 358 g/mol. The Hall–Kier alpha value is -2.45. The van der Waals surface area contributed by atoms with Gasteiger partial charge in [0.15, 0.2) is 5.13 Å². The highest BCUT2D eigenvalue weighted by Crippen LogP contribution is 2.37. The zero-order valence-electron chi connectivity index (χ0n) is 14.2. The minimum absolute atomic E-state index is 0.193. The summed E-state index contributed by atoms with van der Waals surface area (Å²) < 4.78 is 10.7. The first-order valence-electron chi connectivity index (χ1n) is 7.44. The SMILES string of the molecule is COc1ccc(-c2nc(NC(=O)c3scnc3C)sc2C)c(OC)c1. The largest absolute Gasteiger partial charge is 0.497 e. The smallest absolute Gasteiger partial charge is 0.269 e. The molecule has 0 atom stereocenters. The number of hydrogen-bond donors (Lipinski definition) is 1. The van der Waals surface area contributed by atoms with Gasteiger partial charge >= 0.3 is 0 Å². The molecule has 6 nitrogen and oxygen atoms in total. The molecule has 0 bridgehead atoms. The molecule has 25 heavy (non-hydrogen) atoms. The van der Waals surface area contributed by atoms with Gasteiger partial charge in [-0.1, -0.05) is 0 Å². The fourth-order valence-corrected chi connectivity index (χ4v) is 3.89. The van der Waals surface area contributed by atoms with Gasteiger partial charge in [-0.25, -0.2) is 9.97 Å². The highest BCUT2D eigenvalue weighted by atomic mass is 32.1. The van der Waals surface area contributed by atoms with Crippen LogP contribution in [0.1, 0.15) is 20.2 Å². The number of carbonyl (C=O) groups excluding carboxylic acids is 1. The number of ether oxygens (including phenoxy) is 2. The van der Waals surface area contributed by atoms with Crippen LogP contribution in [-0.2, 0) is 0 Å². The van der Waals surface area contributed by atoms with Crippen molar-refractivity contribution in [3.05, 3.63) is 39.2 Å². The van der Waals surface area contributed by atoms with E-state index in [1.165, 1.54) is 22.7 Å². The number of thiazole rings is 2. The van der Waals surface area contributed by atoms with Crippen molar-refractivity contribution in [1.29, 1.82) is 0 Å². The molecule has 0 fully saturated rings. The van der Waals surface area contributed by atoms with Gasteiger partial charge in [-0.3, -0.25) is 10.1 Å². The van der Waals surface area contributed by atoms with Crippen molar-refractivity contribution >= 4 is 33.7 Å². The van der Waals surface area contributed by atoms with Crippen LogP contribution in [0.3, 0.4) is 0 Å². The Morgan fingerprint density at radius 1 is 1.20 bits per heavy atom. The summed E-state index contributed by atoms with van der Waals surface area (Å²) in [6.45, 7) is 3.77. The summed E-state index contributed by atoms with van der Waals surface area (Å²) in [6, 6.07) is 5.57. The van der Waals surface area contributed by atoms with E-state index in [1.54, 1.807) is 19.7 Å².